The second-order valence-corrected chi connectivity index (χ2v) is 4.32. The number of nitrogens with zero attached hydrogens (tertiary/aromatic N) is 2. The monoisotopic (exact) mass is 237 g/mol. The van der Waals surface area contributed by atoms with Gasteiger partial charge in [0.1, 0.15) is 0 Å². The normalized spacial score (nSPS) is 10.9. The number of aromatic nitrogens is 2. The molecule has 2 aromatic heterocycles. The highest BCUT2D eigenvalue weighted by Crippen LogP contribution is 2.20. The van der Waals surface area contributed by atoms with Gasteiger partial charge in [0.25, 0.3) is 0 Å². The quantitative estimate of drug-likeness (QED) is 0.760. The maximum absolute atomic E-state index is 5.76. The van der Waals surface area contributed by atoms with Crippen LogP contribution in [0.25, 0.3) is 10.9 Å². The average Bonchev–Trinajstić information content (AvgIpc) is 2.83. The minimum Gasteiger partial charge on any atom is -0.341 e. The summed E-state index contributed by atoms with van der Waals surface area (Å²) >= 11 is 0. The number of benzene rings is 1. The molecule has 0 spiro atoms. The zero-order valence-corrected chi connectivity index (χ0v) is 10.1. The van der Waals surface area contributed by atoms with Crippen molar-refractivity contribution in [2.45, 2.75) is 13.1 Å². The summed E-state index contributed by atoms with van der Waals surface area (Å²) in [7, 11) is 0. The fourth-order valence-electron chi connectivity index (χ4n) is 2.27. The summed E-state index contributed by atoms with van der Waals surface area (Å²) in [6, 6.07) is 14.4. The summed E-state index contributed by atoms with van der Waals surface area (Å²) in [6.07, 6.45) is 3.92. The zero-order valence-electron chi connectivity index (χ0n) is 10.1. The number of fused-ring (bicyclic) bond motifs is 1. The predicted octanol–water partition coefficient (Wildman–Crippen LogP) is 2.54. The van der Waals surface area contributed by atoms with Crippen LogP contribution in [0, 0.1) is 0 Å². The van der Waals surface area contributed by atoms with E-state index in [1.165, 1.54) is 16.5 Å². The van der Waals surface area contributed by atoms with E-state index in [9.17, 15) is 0 Å². The van der Waals surface area contributed by atoms with Crippen molar-refractivity contribution in [2.24, 2.45) is 5.73 Å². The molecule has 18 heavy (non-hydrogen) atoms. The third-order valence-electron chi connectivity index (χ3n) is 3.18. The molecule has 0 unspecified atom stereocenters. The van der Waals surface area contributed by atoms with Crippen LogP contribution in [0.4, 0.5) is 0 Å². The largest absolute Gasteiger partial charge is 0.341 e. The van der Waals surface area contributed by atoms with E-state index in [-0.39, 0.29) is 0 Å². The lowest BCUT2D eigenvalue weighted by atomic mass is 10.1. The topological polar surface area (TPSA) is 43.8 Å². The van der Waals surface area contributed by atoms with Gasteiger partial charge in [0.05, 0.1) is 12.2 Å². The molecule has 1 aromatic carbocycles. The molecule has 90 valence electrons. The molecule has 0 bridgehead atoms. The van der Waals surface area contributed by atoms with Crippen molar-refractivity contribution in [1.82, 2.24) is 9.55 Å². The van der Waals surface area contributed by atoms with Crippen LogP contribution < -0.4 is 5.73 Å². The number of nitrogens with two attached hydrogens (primary N) is 1. The lowest BCUT2D eigenvalue weighted by molar-refractivity contribution is 0.807. The van der Waals surface area contributed by atoms with E-state index < -0.39 is 0 Å². The van der Waals surface area contributed by atoms with Crippen molar-refractivity contribution in [3.05, 3.63) is 66.1 Å². The Bertz CT molecular complexity index is 656. The molecular formula is C15H15N3. The number of pyridine rings is 1. The Kier molecular flexibility index (Phi) is 2.82. The summed E-state index contributed by atoms with van der Waals surface area (Å²) in [5, 5.41) is 1.23. The number of hydrogen-bond donors (Lipinski definition) is 1. The molecule has 0 aliphatic heterocycles. The highest BCUT2D eigenvalue weighted by atomic mass is 15.0. The smallest absolute Gasteiger partial charge is 0.0648 e. The second kappa shape index (κ2) is 4.63. The van der Waals surface area contributed by atoms with Crippen molar-refractivity contribution in [1.29, 1.82) is 0 Å². The first-order chi connectivity index (χ1) is 8.88. The first kappa shape index (κ1) is 11.0. The van der Waals surface area contributed by atoms with Crippen LogP contribution in [0.2, 0.25) is 0 Å². The molecular weight excluding hydrogens is 222 g/mol. The van der Waals surface area contributed by atoms with Crippen LogP contribution in [0.1, 0.15) is 11.3 Å². The molecule has 3 aromatic rings. The van der Waals surface area contributed by atoms with Gasteiger partial charge in [-0.25, -0.2) is 0 Å². The SMILES string of the molecule is NCc1cccc2c1ccn2Cc1ccccn1. The molecule has 0 saturated carbocycles. The molecule has 3 heteroatoms. The van der Waals surface area contributed by atoms with Crippen LogP contribution in [-0.2, 0) is 13.1 Å². The fraction of sp³-hybridized carbons (Fsp3) is 0.133. The summed E-state index contributed by atoms with van der Waals surface area (Å²) in [5.41, 5.74) is 9.22. The van der Waals surface area contributed by atoms with Gasteiger partial charge in [-0.2, -0.15) is 0 Å². The third-order valence-corrected chi connectivity index (χ3v) is 3.18. The molecule has 0 radical (unpaired) electrons. The van der Waals surface area contributed by atoms with E-state index in [4.69, 9.17) is 5.73 Å². The van der Waals surface area contributed by atoms with Crippen molar-refractivity contribution < 1.29 is 0 Å². The minimum absolute atomic E-state index is 0.574. The average molecular weight is 237 g/mol. The van der Waals surface area contributed by atoms with E-state index in [0.717, 1.165) is 12.2 Å². The van der Waals surface area contributed by atoms with Gasteiger partial charge in [-0.1, -0.05) is 18.2 Å². The van der Waals surface area contributed by atoms with Crippen molar-refractivity contribution in [3.63, 3.8) is 0 Å². The van der Waals surface area contributed by atoms with Gasteiger partial charge >= 0.3 is 0 Å². The standard InChI is InChI=1S/C15H15N3/c16-10-12-4-3-6-15-14(12)7-9-18(15)11-13-5-1-2-8-17-13/h1-9H,10-11,16H2. The van der Waals surface area contributed by atoms with Crippen molar-refractivity contribution >= 4 is 10.9 Å². The minimum atomic E-state index is 0.574. The molecule has 0 amide bonds. The highest BCUT2D eigenvalue weighted by molar-refractivity contribution is 5.83. The van der Waals surface area contributed by atoms with Gasteiger partial charge in [0, 0.05) is 29.8 Å². The first-order valence-corrected chi connectivity index (χ1v) is 6.05. The predicted molar refractivity (Wildman–Crippen MR) is 73.2 cm³/mol. The van der Waals surface area contributed by atoms with E-state index in [1.807, 2.05) is 24.4 Å². The third kappa shape index (κ3) is 1.89. The summed E-state index contributed by atoms with van der Waals surface area (Å²) < 4.78 is 2.21. The van der Waals surface area contributed by atoms with E-state index >= 15 is 0 Å². The van der Waals surface area contributed by atoms with Crippen molar-refractivity contribution in [3.8, 4) is 0 Å². The van der Waals surface area contributed by atoms with Gasteiger partial charge in [-0.05, 0) is 29.8 Å². The molecule has 0 atom stereocenters. The fourth-order valence-corrected chi connectivity index (χ4v) is 2.27. The van der Waals surface area contributed by atoms with E-state index in [2.05, 4.69) is 40.0 Å². The Labute approximate surface area is 106 Å². The van der Waals surface area contributed by atoms with Crippen LogP contribution in [0.15, 0.2) is 54.9 Å². The highest BCUT2D eigenvalue weighted by Gasteiger charge is 2.05. The molecule has 0 fully saturated rings. The molecule has 3 nitrogen and oxygen atoms in total. The lowest BCUT2D eigenvalue weighted by Gasteiger charge is -2.06. The molecule has 0 aliphatic carbocycles. The second-order valence-electron chi connectivity index (χ2n) is 4.32. The van der Waals surface area contributed by atoms with E-state index in [0.29, 0.717) is 6.54 Å². The van der Waals surface area contributed by atoms with Gasteiger partial charge in [0.15, 0.2) is 0 Å². The van der Waals surface area contributed by atoms with Gasteiger partial charge in [0.2, 0.25) is 0 Å². The van der Waals surface area contributed by atoms with Crippen LogP contribution in [-0.4, -0.2) is 9.55 Å². The van der Waals surface area contributed by atoms with Crippen LogP contribution >= 0.6 is 0 Å². The Morgan fingerprint density at radius 1 is 1.06 bits per heavy atom. The molecule has 2 heterocycles. The van der Waals surface area contributed by atoms with Gasteiger partial charge in [-0.15, -0.1) is 0 Å². The summed E-state index contributed by atoms with van der Waals surface area (Å²) in [6.45, 7) is 1.36. The maximum Gasteiger partial charge on any atom is 0.0648 e. The zero-order chi connectivity index (χ0) is 12.4. The van der Waals surface area contributed by atoms with Crippen molar-refractivity contribution in [2.75, 3.05) is 0 Å². The van der Waals surface area contributed by atoms with Gasteiger partial charge < -0.3 is 10.3 Å². The lowest BCUT2D eigenvalue weighted by Crippen LogP contribution is -2.00. The summed E-state index contributed by atoms with van der Waals surface area (Å²) in [5.74, 6) is 0. The Hall–Kier alpha value is -2.13. The van der Waals surface area contributed by atoms with Crippen LogP contribution in [0.3, 0.4) is 0 Å². The Morgan fingerprint density at radius 2 is 2.00 bits per heavy atom. The molecule has 3 rings (SSSR count). The van der Waals surface area contributed by atoms with E-state index in [1.54, 1.807) is 0 Å². The molecule has 2 N–H and O–H groups in total. The number of rotatable bonds is 3. The molecule has 0 aliphatic rings. The Balaban J connectivity index is 2.03. The van der Waals surface area contributed by atoms with Gasteiger partial charge in [-0.3, -0.25) is 4.98 Å². The van der Waals surface area contributed by atoms with Crippen LogP contribution in [0.5, 0.6) is 0 Å². The summed E-state index contributed by atoms with van der Waals surface area (Å²) in [4.78, 5) is 4.36. The first-order valence-electron chi connectivity index (χ1n) is 6.05. The molecule has 0 saturated heterocycles. The number of hydrogen-bond acceptors (Lipinski definition) is 2. The Morgan fingerprint density at radius 3 is 2.78 bits per heavy atom. The maximum atomic E-state index is 5.76.